The fraction of sp³-hybridized carbons (Fsp3) is 0.385. The lowest BCUT2D eigenvalue weighted by Crippen LogP contribution is -2.56. The summed E-state index contributed by atoms with van der Waals surface area (Å²) in [5.41, 5.74) is 0.494. The molecule has 0 saturated carbocycles. The Morgan fingerprint density at radius 1 is 1.00 bits per heavy atom. The fourth-order valence-electron chi connectivity index (χ4n) is 4.51. The molecular weight excluding hydrogens is 500 g/mol. The van der Waals surface area contributed by atoms with Crippen molar-refractivity contribution in [2.45, 2.75) is 30.6 Å². The predicted octanol–water partition coefficient (Wildman–Crippen LogP) is 0.255. The highest BCUT2D eigenvalue weighted by Gasteiger charge is 2.45. The van der Waals surface area contributed by atoms with Crippen LogP contribution in [0.2, 0.25) is 0 Å². The van der Waals surface area contributed by atoms with Gasteiger partial charge in [-0.3, -0.25) is 4.79 Å². The van der Waals surface area contributed by atoms with E-state index in [2.05, 4.69) is 11.0 Å². The predicted molar refractivity (Wildman–Crippen MR) is 133 cm³/mol. The minimum absolute atomic E-state index is 0.0645. The van der Waals surface area contributed by atoms with Gasteiger partial charge in [0.1, 0.15) is 35.9 Å². The van der Waals surface area contributed by atoms with E-state index in [0.717, 1.165) is 4.68 Å². The van der Waals surface area contributed by atoms with Gasteiger partial charge in [-0.05, 0) is 24.3 Å². The molecule has 12 heteroatoms. The summed E-state index contributed by atoms with van der Waals surface area (Å²) in [6, 6.07) is 6.08. The number of carbonyl (C=O) groups is 1. The number of hydrogen-bond acceptors (Lipinski definition) is 11. The van der Waals surface area contributed by atoms with E-state index in [4.69, 9.17) is 30.1 Å². The number of carbonyl (C=O) groups excluding carboxylic acids is 1. The summed E-state index contributed by atoms with van der Waals surface area (Å²) < 4.78 is 28.3. The van der Waals surface area contributed by atoms with Crippen molar-refractivity contribution in [1.82, 2.24) is 9.78 Å². The van der Waals surface area contributed by atoms with Gasteiger partial charge in [-0.1, -0.05) is 5.92 Å². The first-order valence-corrected chi connectivity index (χ1v) is 11.5. The molecule has 0 radical (unpaired) electrons. The maximum atomic E-state index is 13.8. The van der Waals surface area contributed by atoms with Gasteiger partial charge in [0.25, 0.3) is 0 Å². The Morgan fingerprint density at radius 2 is 1.63 bits per heavy atom. The number of rotatable bonds is 8. The van der Waals surface area contributed by atoms with Crippen LogP contribution in [0.5, 0.6) is 23.0 Å². The van der Waals surface area contributed by atoms with Gasteiger partial charge in [0.05, 0.1) is 46.1 Å². The van der Waals surface area contributed by atoms with Gasteiger partial charge < -0.3 is 44.1 Å². The number of aliphatic hydroxyl groups excluding tert-OH is 4. The smallest absolute Gasteiger partial charge is 0.214 e. The normalized spacial score (nSPS) is 23.1. The van der Waals surface area contributed by atoms with Crippen LogP contribution in [0, 0.1) is 12.3 Å². The lowest BCUT2D eigenvalue weighted by molar-refractivity contribution is -0.252. The highest BCUT2D eigenvalue weighted by molar-refractivity contribution is 6.16. The molecule has 12 nitrogen and oxygen atoms in total. The summed E-state index contributed by atoms with van der Waals surface area (Å²) in [5.74, 6) is 3.05. The van der Waals surface area contributed by atoms with Crippen molar-refractivity contribution in [3.8, 4) is 35.3 Å². The van der Waals surface area contributed by atoms with Crippen LogP contribution in [0.25, 0.3) is 10.9 Å². The van der Waals surface area contributed by atoms with Crippen LogP contribution < -0.4 is 18.9 Å². The van der Waals surface area contributed by atoms with Crippen LogP contribution in [0.3, 0.4) is 0 Å². The highest BCUT2D eigenvalue weighted by Crippen LogP contribution is 2.40. The topological polar surface area (TPSA) is 162 Å². The SMILES string of the molecule is C#Cc1c(OC)ccc2c(C(=O)c3cc(OC)c(OC)c(OC)c3)nn([C@@H]3OC(CO)[C@@H](O)C(O)C3O)c12. The van der Waals surface area contributed by atoms with Gasteiger partial charge in [0, 0.05) is 10.9 Å². The summed E-state index contributed by atoms with van der Waals surface area (Å²) >= 11 is 0. The minimum atomic E-state index is -1.68. The minimum Gasteiger partial charge on any atom is -0.495 e. The molecule has 0 spiro atoms. The number of ether oxygens (including phenoxy) is 5. The number of aliphatic hydroxyl groups is 4. The zero-order chi connectivity index (χ0) is 27.7. The summed E-state index contributed by atoms with van der Waals surface area (Å²) in [6.45, 7) is -0.650. The van der Waals surface area contributed by atoms with Crippen LogP contribution in [0.4, 0.5) is 0 Å². The second-order valence-corrected chi connectivity index (χ2v) is 8.44. The molecule has 0 aliphatic carbocycles. The third-order valence-electron chi connectivity index (χ3n) is 6.45. The molecule has 0 bridgehead atoms. The molecule has 1 fully saturated rings. The first-order chi connectivity index (χ1) is 18.3. The first-order valence-electron chi connectivity index (χ1n) is 11.5. The average molecular weight is 529 g/mol. The highest BCUT2D eigenvalue weighted by atomic mass is 16.6. The summed E-state index contributed by atoms with van der Waals surface area (Å²) in [5, 5.41) is 45.8. The Balaban J connectivity index is 1.96. The van der Waals surface area contributed by atoms with Crippen LogP contribution in [0.15, 0.2) is 24.3 Å². The average Bonchev–Trinajstić information content (AvgIpc) is 3.33. The summed E-state index contributed by atoms with van der Waals surface area (Å²) in [7, 11) is 5.69. The van der Waals surface area contributed by atoms with E-state index in [1.54, 1.807) is 12.1 Å². The molecule has 3 unspecified atom stereocenters. The molecule has 2 aromatic carbocycles. The molecule has 1 aliphatic heterocycles. The number of benzene rings is 2. The Bertz CT molecular complexity index is 1370. The monoisotopic (exact) mass is 528 g/mol. The molecule has 0 amide bonds. The van der Waals surface area contributed by atoms with Gasteiger partial charge in [-0.15, -0.1) is 6.42 Å². The molecule has 3 aromatic rings. The van der Waals surface area contributed by atoms with Gasteiger partial charge in [-0.25, -0.2) is 4.68 Å². The van der Waals surface area contributed by atoms with Crippen molar-refractivity contribution >= 4 is 16.7 Å². The Morgan fingerprint density at radius 3 is 2.16 bits per heavy atom. The number of hydrogen-bond donors (Lipinski definition) is 4. The Kier molecular flexibility index (Phi) is 7.77. The van der Waals surface area contributed by atoms with Gasteiger partial charge in [-0.2, -0.15) is 5.10 Å². The third-order valence-corrected chi connectivity index (χ3v) is 6.45. The second-order valence-electron chi connectivity index (χ2n) is 8.44. The molecule has 202 valence electrons. The molecule has 1 aliphatic rings. The maximum Gasteiger partial charge on any atom is 0.214 e. The van der Waals surface area contributed by atoms with E-state index < -0.39 is 43.0 Å². The summed E-state index contributed by atoms with van der Waals surface area (Å²) in [6.07, 6.45) is -1.79. The van der Waals surface area contributed by atoms with Crippen molar-refractivity contribution in [1.29, 1.82) is 0 Å². The number of fused-ring (bicyclic) bond motifs is 1. The van der Waals surface area contributed by atoms with E-state index in [9.17, 15) is 25.2 Å². The molecule has 1 saturated heterocycles. The third kappa shape index (κ3) is 4.30. The molecule has 2 heterocycles. The molecular formula is C26H28N2O10. The van der Waals surface area contributed by atoms with Crippen molar-refractivity contribution < 1.29 is 48.9 Å². The van der Waals surface area contributed by atoms with E-state index in [1.165, 1.54) is 40.6 Å². The van der Waals surface area contributed by atoms with E-state index >= 15 is 0 Å². The van der Waals surface area contributed by atoms with Crippen LogP contribution >= 0.6 is 0 Å². The number of aromatic nitrogens is 2. The number of nitrogens with zero attached hydrogens (tertiary/aromatic N) is 2. The Hall–Kier alpha value is -3.86. The lowest BCUT2D eigenvalue weighted by atomic mass is 9.98. The van der Waals surface area contributed by atoms with E-state index in [1.807, 2.05) is 0 Å². The standard InChI is InChI=1S/C26H28N2O10/c1-6-13-15(34-2)8-7-14-19(21(30)12-9-16(35-3)25(37-5)17(10-12)36-4)27-28(20(13)14)26-24(33)23(32)22(31)18(11-29)38-26/h1,7-10,18,22-24,26,29,31-33H,11H2,2-5H3/t18?,22-,23?,24?,26-/m1/s1. The van der Waals surface area contributed by atoms with Crippen LogP contribution in [0.1, 0.15) is 27.8 Å². The molecule has 1 aromatic heterocycles. The molecule has 5 atom stereocenters. The van der Waals surface area contributed by atoms with Crippen molar-refractivity contribution in [3.05, 3.63) is 41.1 Å². The van der Waals surface area contributed by atoms with Gasteiger partial charge in [0.15, 0.2) is 17.7 Å². The van der Waals surface area contributed by atoms with Crippen LogP contribution in [-0.2, 0) is 4.74 Å². The van der Waals surface area contributed by atoms with Crippen molar-refractivity contribution in [2.75, 3.05) is 35.0 Å². The summed E-state index contributed by atoms with van der Waals surface area (Å²) in [4.78, 5) is 13.8. The maximum absolute atomic E-state index is 13.8. The quantitative estimate of drug-likeness (QED) is 0.234. The first kappa shape index (κ1) is 27.2. The second kappa shape index (κ2) is 10.9. The van der Waals surface area contributed by atoms with Gasteiger partial charge in [0.2, 0.25) is 11.5 Å². The fourth-order valence-corrected chi connectivity index (χ4v) is 4.51. The molecule has 38 heavy (non-hydrogen) atoms. The van der Waals surface area contributed by atoms with E-state index in [-0.39, 0.29) is 39.6 Å². The lowest BCUT2D eigenvalue weighted by Gasteiger charge is -2.40. The van der Waals surface area contributed by atoms with Crippen molar-refractivity contribution in [2.24, 2.45) is 0 Å². The zero-order valence-electron chi connectivity index (χ0n) is 21.1. The zero-order valence-corrected chi connectivity index (χ0v) is 21.1. The van der Waals surface area contributed by atoms with E-state index in [0.29, 0.717) is 11.1 Å². The van der Waals surface area contributed by atoms with Gasteiger partial charge >= 0.3 is 0 Å². The number of terminal acetylenes is 1. The largest absolute Gasteiger partial charge is 0.495 e. The number of ketones is 1. The van der Waals surface area contributed by atoms with Crippen molar-refractivity contribution in [3.63, 3.8) is 0 Å². The number of methoxy groups -OCH3 is 4. The molecule has 4 N–H and O–H groups in total. The molecule has 4 rings (SSSR count). The Labute approximate surface area is 217 Å². The van der Waals surface area contributed by atoms with Crippen LogP contribution in [-0.4, -0.2) is 95.5 Å².